The summed E-state index contributed by atoms with van der Waals surface area (Å²) >= 11 is 0. The van der Waals surface area contributed by atoms with Crippen LogP contribution in [0.1, 0.15) is 53.2 Å². The number of methoxy groups -OCH3 is 1. The van der Waals surface area contributed by atoms with Gasteiger partial charge in [-0.3, -0.25) is 9.59 Å². The van der Waals surface area contributed by atoms with Gasteiger partial charge in [0.05, 0.1) is 18.6 Å². The first-order valence-corrected chi connectivity index (χ1v) is 11.8. The van der Waals surface area contributed by atoms with Gasteiger partial charge in [0, 0.05) is 55.0 Å². The third-order valence-corrected chi connectivity index (χ3v) is 7.15. The maximum absolute atomic E-state index is 14.2. The van der Waals surface area contributed by atoms with Crippen molar-refractivity contribution < 1.29 is 14.3 Å². The summed E-state index contributed by atoms with van der Waals surface area (Å²) in [7, 11) is 1.64. The van der Waals surface area contributed by atoms with Gasteiger partial charge in [-0.25, -0.2) is 0 Å². The van der Waals surface area contributed by atoms with Crippen molar-refractivity contribution in [3.8, 4) is 0 Å². The number of ether oxygens (including phenoxy) is 1. The third-order valence-electron chi connectivity index (χ3n) is 7.15. The Kier molecular flexibility index (Phi) is 5.94. The van der Waals surface area contributed by atoms with Crippen molar-refractivity contribution >= 4 is 22.7 Å². The van der Waals surface area contributed by atoms with Gasteiger partial charge in [-0.2, -0.15) is 0 Å². The van der Waals surface area contributed by atoms with Crippen molar-refractivity contribution in [3.63, 3.8) is 0 Å². The highest BCUT2D eigenvalue weighted by molar-refractivity contribution is 6.02. The number of likely N-dealkylation sites (tertiary alicyclic amines) is 1. The molecule has 0 bridgehead atoms. The van der Waals surface area contributed by atoms with E-state index in [9.17, 15) is 9.59 Å². The summed E-state index contributed by atoms with van der Waals surface area (Å²) < 4.78 is 5.36. The molecular weight excluding hydrogens is 414 g/mol. The normalized spacial score (nSPS) is 23.1. The summed E-state index contributed by atoms with van der Waals surface area (Å²) in [6.07, 6.45) is 4.14. The minimum atomic E-state index is -0.458. The highest BCUT2D eigenvalue weighted by Gasteiger charge is 2.46. The summed E-state index contributed by atoms with van der Waals surface area (Å²) in [6.45, 7) is 4.58. The molecule has 6 nitrogen and oxygen atoms in total. The van der Waals surface area contributed by atoms with Gasteiger partial charge < -0.3 is 19.5 Å². The van der Waals surface area contributed by atoms with Crippen LogP contribution in [0.4, 0.5) is 0 Å². The van der Waals surface area contributed by atoms with Crippen LogP contribution >= 0.6 is 0 Å². The van der Waals surface area contributed by atoms with Gasteiger partial charge in [-0.15, -0.1) is 0 Å². The number of benzene rings is 2. The van der Waals surface area contributed by atoms with Gasteiger partial charge in [0.1, 0.15) is 0 Å². The van der Waals surface area contributed by atoms with Gasteiger partial charge in [-0.05, 0) is 36.5 Å². The van der Waals surface area contributed by atoms with Crippen molar-refractivity contribution in [2.24, 2.45) is 5.92 Å². The van der Waals surface area contributed by atoms with E-state index in [0.29, 0.717) is 24.6 Å². The molecule has 3 aromatic rings. The number of carbonyl (C=O) groups is 2. The molecule has 1 N–H and O–H groups in total. The zero-order valence-electron chi connectivity index (χ0n) is 19.3. The molecular formula is C27H31N3O3. The second kappa shape index (κ2) is 9.02. The fourth-order valence-electron chi connectivity index (χ4n) is 5.56. The molecule has 5 rings (SSSR count). The number of nitrogens with one attached hydrogen (secondary N) is 1. The Balaban J connectivity index is 1.68. The largest absolute Gasteiger partial charge is 0.383 e. The second-order valence-electron chi connectivity index (χ2n) is 9.32. The number of rotatable bonds is 5. The fraction of sp³-hybridized carbons (Fsp3) is 0.407. The van der Waals surface area contributed by atoms with Crippen LogP contribution in [0.15, 0.2) is 54.7 Å². The number of para-hydroxylation sites is 1. The standard InChI is InChI=1S/C27H31N3O3/c1-18-8-7-13-29(17-18)27(32)24-20-10-3-4-11-21(20)26(31)30(14-15-33-2)25(24)22-16-28-23-12-6-5-9-19(22)23/h3-6,9-12,16,18,24-25,28H,7-8,13-15,17H2,1-2H3/t18-,24-,25+/m0/s1. The van der Waals surface area contributed by atoms with Gasteiger partial charge in [-0.1, -0.05) is 43.3 Å². The van der Waals surface area contributed by atoms with Crippen LogP contribution in [0, 0.1) is 5.92 Å². The van der Waals surface area contributed by atoms with E-state index in [1.807, 2.05) is 58.5 Å². The van der Waals surface area contributed by atoms with E-state index in [2.05, 4.69) is 18.0 Å². The van der Waals surface area contributed by atoms with Crippen LogP contribution in [0.3, 0.4) is 0 Å². The Morgan fingerprint density at radius 1 is 1.12 bits per heavy atom. The quantitative estimate of drug-likeness (QED) is 0.635. The van der Waals surface area contributed by atoms with E-state index in [4.69, 9.17) is 4.74 Å². The van der Waals surface area contributed by atoms with Crippen LogP contribution in [0.5, 0.6) is 0 Å². The average Bonchev–Trinajstić information content (AvgIpc) is 3.27. The van der Waals surface area contributed by atoms with E-state index < -0.39 is 12.0 Å². The SMILES string of the molecule is COCCN1C(=O)c2ccccc2[C@H](C(=O)N2CCC[C@H](C)C2)[C@H]1c1c[nH]c2ccccc12. The molecule has 6 heteroatoms. The first-order chi connectivity index (χ1) is 16.1. The van der Waals surface area contributed by atoms with E-state index in [0.717, 1.165) is 48.0 Å². The lowest BCUT2D eigenvalue weighted by molar-refractivity contribution is -0.136. The molecule has 2 aliphatic heterocycles. The van der Waals surface area contributed by atoms with E-state index >= 15 is 0 Å². The van der Waals surface area contributed by atoms with E-state index in [1.54, 1.807) is 7.11 Å². The van der Waals surface area contributed by atoms with Crippen molar-refractivity contribution in [2.75, 3.05) is 33.4 Å². The van der Waals surface area contributed by atoms with Crippen LogP contribution in [0.2, 0.25) is 0 Å². The molecule has 33 heavy (non-hydrogen) atoms. The van der Waals surface area contributed by atoms with Gasteiger partial charge in [0.2, 0.25) is 5.91 Å². The fourth-order valence-corrected chi connectivity index (χ4v) is 5.56. The Morgan fingerprint density at radius 2 is 1.91 bits per heavy atom. The Labute approximate surface area is 194 Å². The Bertz CT molecular complexity index is 1170. The lowest BCUT2D eigenvalue weighted by atomic mass is 9.78. The van der Waals surface area contributed by atoms with Gasteiger partial charge in [0.15, 0.2) is 0 Å². The molecule has 2 amide bonds. The molecule has 1 fully saturated rings. The number of nitrogens with zero attached hydrogens (tertiary/aromatic N) is 2. The number of H-pyrrole nitrogens is 1. The zero-order valence-corrected chi connectivity index (χ0v) is 19.3. The van der Waals surface area contributed by atoms with Crippen molar-refractivity contribution in [1.82, 2.24) is 14.8 Å². The molecule has 3 heterocycles. The molecule has 0 spiro atoms. The number of amides is 2. The summed E-state index contributed by atoms with van der Waals surface area (Å²) in [6, 6.07) is 15.3. The molecule has 1 aromatic heterocycles. The number of fused-ring (bicyclic) bond motifs is 2. The second-order valence-corrected chi connectivity index (χ2v) is 9.32. The highest BCUT2D eigenvalue weighted by Crippen LogP contribution is 2.45. The summed E-state index contributed by atoms with van der Waals surface area (Å²) in [5.41, 5.74) is 3.43. The lowest BCUT2D eigenvalue weighted by Gasteiger charge is -2.44. The number of carbonyl (C=O) groups excluding carboxylic acids is 2. The summed E-state index contributed by atoms with van der Waals surface area (Å²) in [4.78, 5) is 35.1. The summed E-state index contributed by atoms with van der Waals surface area (Å²) in [5, 5.41) is 1.04. The van der Waals surface area contributed by atoms with Crippen LogP contribution in [0.25, 0.3) is 10.9 Å². The monoisotopic (exact) mass is 445 g/mol. The number of hydrogen-bond acceptors (Lipinski definition) is 3. The molecule has 0 aliphatic carbocycles. The smallest absolute Gasteiger partial charge is 0.254 e. The number of hydrogen-bond donors (Lipinski definition) is 1. The van der Waals surface area contributed by atoms with Crippen molar-refractivity contribution in [3.05, 3.63) is 71.4 Å². The molecule has 172 valence electrons. The molecule has 0 saturated carbocycles. The Hall–Kier alpha value is -3.12. The lowest BCUT2D eigenvalue weighted by Crippen LogP contribution is -2.50. The van der Waals surface area contributed by atoms with E-state index in [-0.39, 0.29) is 11.8 Å². The summed E-state index contributed by atoms with van der Waals surface area (Å²) in [5.74, 6) is 0.0905. The maximum atomic E-state index is 14.2. The van der Waals surface area contributed by atoms with Crippen LogP contribution in [-0.2, 0) is 9.53 Å². The topological polar surface area (TPSA) is 65.6 Å². The minimum absolute atomic E-state index is 0.0472. The predicted molar refractivity (Wildman–Crippen MR) is 128 cm³/mol. The third kappa shape index (κ3) is 3.82. The predicted octanol–water partition coefficient (Wildman–Crippen LogP) is 4.35. The molecule has 0 unspecified atom stereocenters. The first kappa shape index (κ1) is 21.7. The number of piperidine rings is 1. The van der Waals surface area contributed by atoms with E-state index in [1.165, 1.54) is 0 Å². The van der Waals surface area contributed by atoms with Crippen LogP contribution < -0.4 is 0 Å². The van der Waals surface area contributed by atoms with Crippen LogP contribution in [-0.4, -0.2) is 59.9 Å². The number of aromatic amines is 1. The minimum Gasteiger partial charge on any atom is -0.383 e. The highest BCUT2D eigenvalue weighted by atomic mass is 16.5. The molecule has 3 atom stereocenters. The number of aromatic nitrogens is 1. The van der Waals surface area contributed by atoms with Crippen molar-refractivity contribution in [2.45, 2.75) is 31.7 Å². The molecule has 0 radical (unpaired) electrons. The molecule has 2 aliphatic rings. The zero-order chi connectivity index (χ0) is 22.9. The first-order valence-electron chi connectivity index (χ1n) is 11.8. The molecule has 1 saturated heterocycles. The maximum Gasteiger partial charge on any atom is 0.254 e. The average molecular weight is 446 g/mol. The van der Waals surface area contributed by atoms with Gasteiger partial charge >= 0.3 is 0 Å². The molecule has 2 aromatic carbocycles. The Morgan fingerprint density at radius 3 is 2.73 bits per heavy atom. The van der Waals surface area contributed by atoms with Gasteiger partial charge in [0.25, 0.3) is 5.91 Å². The van der Waals surface area contributed by atoms with Crippen molar-refractivity contribution in [1.29, 1.82) is 0 Å².